The van der Waals surface area contributed by atoms with E-state index in [9.17, 15) is 0 Å². The van der Waals surface area contributed by atoms with Gasteiger partial charge in [-0.1, -0.05) is 66.2 Å². The summed E-state index contributed by atoms with van der Waals surface area (Å²) < 4.78 is 0. The summed E-state index contributed by atoms with van der Waals surface area (Å²) in [5.74, 6) is 0.399. The van der Waals surface area contributed by atoms with Gasteiger partial charge in [-0.3, -0.25) is 0 Å². The Hall–Kier alpha value is -2.62. The molecule has 1 unspecified atom stereocenters. The predicted molar refractivity (Wildman–Crippen MR) is 128 cm³/mol. The fourth-order valence-electron chi connectivity index (χ4n) is 3.77. The van der Waals surface area contributed by atoms with Crippen molar-refractivity contribution >= 4 is 23.5 Å². The molecule has 0 spiro atoms. The van der Waals surface area contributed by atoms with Crippen LogP contribution in [0.15, 0.2) is 78.9 Å². The average Bonchev–Trinajstić information content (AvgIpc) is 2.78. The molecule has 3 N–H and O–H groups in total. The second-order valence-electron chi connectivity index (χ2n) is 7.71. The zero-order valence-electron chi connectivity index (χ0n) is 17.3. The number of rotatable bonds is 11. The van der Waals surface area contributed by atoms with E-state index in [1.54, 1.807) is 6.21 Å². The largest absolute Gasteiger partial charge is 0.367 e. The average molecular weight is 420 g/mol. The molecule has 3 nitrogen and oxygen atoms in total. The predicted octanol–water partition coefficient (Wildman–Crippen LogP) is 6.09. The van der Waals surface area contributed by atoms with Crippen LogP contribution in [0.25, 0.3) is 0 Å². The molecular formula is C26H30ClN3. The summed E-state index contributed by atoms with van der Waals surface area (Å²) in [4.78, 5) is 2.39. The lowest BCUT2D eigenvalue weighted by molar-refractivity contribution is 0.493. The van der Waals surface area contributed by atoms with Crippen LogP contribution in [-0.2, 0) is 19.5 Å². The van der Waals surface area contributed by atoms with Crippen LogP contribution in [0.4, 0.5) is 5.69 Å². The van der Waals surface area contributed by atoms with Crippen molar-refractivity contribution in [2.45, 2.75) is 32.4 Å². The number of anilines is 1. The monoisotopic (exact) mass is 419 g/mol. The van der Waals surface area contributed by atoms with Gasteiger partial charge in [-0.05, 0) is 72.4 Å². The molecule has 3 aromatic rings. The Labute approximate surface area is 185 Å². The third-order valence-corrected chi connectivity index (χ3v) is 5.66. The first-order valence-electron chi connectivity index (χ1n) is 10.5. The number of nitrogens with two attached hydrogens (primary N) is 1. The van der Waals surface area contributed by atoms with Crippen LogP contribution in [0, 0.1) is 11.3 Å². The van der Waals surface area contributed by atoms with Gasteiger partial charge in [0.05, 0.1) is 0 Å². The van der Waals surface area contributed by atoms with Gasteiger partial charge in [0.2, 0.25) is 0 Å². The normalized spacial score (nSPS) is 11.8. The Kier molecular flexibility index (Phi) is 8.49. The standard InChI is InChI=1S/C26H30ClN3/c27-25-11-13-26(14-12-25)30(20-24-8-4-7-23(17-24)18-29)19-22(15-16-28)10-9-21-5-2-1-3-6-21/h1-8,11-14,16-17,22,28H,9-10,15,18-20,29H2. The van der Waals surface area contributed by atoms with Gasteiger partial charge in [0.25, 0.3) is 0 Å². The van der Waals surface area contributed by atoms with Gasteiger partial charge in [-0.2, -0.15) is 0 Å². The molecule has 0 fully saturated rings. The molecule has 3 aromatic carbocycles. The highest BCUT2D eigenvalue weighted by Crippen LogP contribution is 2.24. The van der Waals surface area contributed by atoms with E-state index in [0.717, 1.165) is 48.6 Å². The van der Waals surface area contributed by atoms with E-state index < -0.39 is 0 Å². The number of hydrogen-bond acceptors (Lipinski definition) is 3. The molecule has 30 heavy (non-hydrogen) atoms. The first-order valence-corrected chi connectivity index (χ1v) is 10.9. The lowest BCUT2D eigenvalue weighted by Gasteiger charge is -2.29. The van der Waals surface area contributed by atoms with Crippen molar-refractivity contribution in [2.75, 3.05) is 11.4 Å². The van der Waals surface area contributed by atoms with Crippen LogP contribution in [0.3, 0.4) is 0 Å². The lowest BCUT2D eigenvalue weighted by Crippen LogP contribution is -2.29. The summed E-state index contributed by atoms with van der Waals surface area (Å²) in [5, 5.41) is 8.43. The smallest absolute Gasteiger partial charge is 0.0429 e. The van der Waals surface area contributed by atoms with Gasteiger partial charge in [0.15, 0.2) is 0 Å². The molecule has 0 aromatic heterocycles. The van der Waals surface area contributed by atoms with E-state index in [1.807, 2.05) is 12.1 Å². The van der Waals surface area contributed by atoms with Gasteiger partial charge in [0.1, 0.15) is 0 Å². The Morgan fingerprint density at radius 2 is 1.60 bits per heavy atom. The number of nitrogens with one attached hydrogen (secondary N) is 1. The maximum Gasteiger partial charge on any atom is 0.0429 e. The third kappa shape index (κ3) is 6.72. The molecule has 0 saturated carbocycles. The van der Waals surface area contributed by atoms with Gasteiger partial charge >= 0.3 is 0 Å². The fourth-order valence-corrected chi connectivity index (χ4v) is 3.89. The number of aryl methyl sites for hydroxylation is 1. The molecule has 4 heteroatoms. The molecule has 3 rings (SSSR count). The molecule has 0 saturated heterocycles. The van der Waals surface area contributed by atoms with Crippen molar-refractivity contribution in [2.24, 2.45) is 11.7 Å². The Bertz CT molecular complexity index is 909. The summed E-state index contributed by atoms with van der Waals surface area (Å²) in [5.41, 5.74) is 10.7. The Morgan fingerprint density at radius 1 is 0.900 bits per heavy atom. The van der Waals surface area contributed by atoms with Crippen LogP contribution in [0.2, 0.25) is 5.02 Å². The maximum atomic E-state index is 7.69. The molecule has 0 radical (unpaired) electrons. The van der Waals surface area contributed by atoms with Crippen molar-refractivity contribution in [3.05, 3.63) is 101 Å². The van der Waals surface area contributed by atoms with Gasteiger partial charge in [-0.25, -0.2) is 0 Å². The van der Waals surface area contributed by atoms with Crippen LogP contribution < -0.4 is 10.6 Å². The highest BCUT2D eigenvalue weighted by atomic mass is 35.5. The zero-order chi connectivity index (χ0) is 21.2. The fraction of sp³-hybridized carbons (Fsp3) is 0.269. The molecule has 156 valence electrons. The van der Waals surface area contributed by atoms with E-state index in [4.69, 9.17) is 22.7 Å². The van der Waals surface area contributed by atoms with Crippen molar-refractivity contribution in [3.8, 4) is 0 Å². The summed E-state index contributed by atoms with van der Waals surface area (Å²) >= 11 is 6.13. The molecular weight excluding hydrogens is 390 g/mol. The second kappa shape index (κ2) is 11.5. The van der Waals surface area contributed by atoms with Crippen molar-refractivity contribution in [1.82, 2.24) is 0 Å². The van der Waals surface area contributed by atoms with Crippen molar-refractivity contribution in [3.63, 3.8) is 0 Å². The van der Waals surface area contributed by atoms with E-state index in [-0.39, 0.29) is 0 Å². The second-order valence-corrected chi connectivity index (χ2v) is 8.15. The minimum absolute atomic E-state index is 0.399. The molecule has 0 aliphatic carbocycles. The number of benzene rings is 3. The van der Waals surface area contributed by atoms with Crippen LogP contribution in [-0.4, -0.2) is 12.8 Å². The number of nitrogens with zero attached hydrogens (tertiary/aromatic N) is 1. The summed E-state index contributed by atoms with van der Waals surface area (Å²) in [6, 6.07) is 27.1. The zero-order valence-corrected chi connectivity index (χ0v) is 18.1. The minimum Gasteiger partial charge on any atom is -0.367 e. The molecule has 0 aliphatic heterocycles. The van der Waals surface area contributed by atoms with Crippen LogP contribution in [0.1, 0.15) is 29.5 Å². The van der Waals surface area contributed by atoms with E-state index in [1.165, 1.54) is 11.1 Å². The quantitative estimate of drug-likeness (QED) is 0.369. The van der Waals surface area contributed by atoms with E-state index in [2.05, 4.69) is 71.6 Å². The van der Waals surface area contributed by atoms with Crippen molar-refractivity contribution in [1.29, 1.82) is 5.41 Å². The van der Waals surface area contributed by atoms with Gasteiger partial charge < -0.3 is 16.0 Å². The molecule has 0 aliphatic rings. The summed E-state index contributed by atoms with van der Waals surface area (Å²) in [6.07, 6.45) is 4.40. The topological polar surface area (TPSA) is 53.1 Å². The third-order valence-electron chi connectivity index (χ3n) is 5.41. The lowest BCUT2D eigenvalue weighted by atomic mass is 9.95. The number of halogens is 1. The highest BCUT2D eigenvalue weighted by Gasteiger charge is 2.15. The maximum absolute atomic E-state index is 7.69. The molecule has 1 atom stereocenters. The Balaban J connectivity index is 1.77. The molecule has 0 bridgehead atoms. The van der Waals surface area contributed by atoms with E-state index >= 15 is 0 Å². The van der Waals surface area contributed by atoms with Gasteiger partial charge in [-0.15, -0.1) is 0 Å². The first-order chi connectivity index (χ1) is 14.7. The highest BCUT2D eigenvalue weighted by molar-refractivity contribution is 6.30. The number of hydrogen-bond donors (Lipinski definition) is 2. The van der Waals surface area contributed by atoms with Crippen molar-refractivity contribution < 1.29 is 0 Å². The first kappa shape index (κ1) is 22.1. The SMILES string of the molecule is N=CCC(CCc1ccccc1)CN(Cc1cccc(CN)c1)c1ccc(Cl)cc1. The summed E-state index contributed by atoms with van der Waals surface area (Å²) in [6.45, 7) is 2.23. The summed E-state index contributed by atoms with van der Waals surface area (Å²) in [7, 11) is 0. The minimum atomic E-state index is 0.399. The van der Waals surface area contributed by atoms with E-state index in [0.29, 0.717) is 12.5 Å². The van der Waals surface area contributed by atoms with Crippen LogP contribution in [0.5, 0.6) is 0 Å². The molecule has 0 heterocycles. The Morgan fingerprint density at radius 3 is 2.30 bits per heavy atom. The van der Waals surface area contributed by atoms with Gasteiger partial charge in [0, 0.05) is 30.3 Å². The molecule has 0 amide bonds. The van der Waals surface area contributed by atoms with Crippen LogP contribution >= 0.6 is 11.6 Å².